The first kappa shape index (κ1) is 11.4. The predicted octanol–water partition coefficient (Wildman–Crippen LogP) is 1.97. The van der Waals surface area contributed by atoms with E-state index >= 15 is 0 Å². The Kier molecular flexibility index (Phi) is 3.44. The Morgan fingerprint density at radius 3 is 2.75 bits per heavy atom. The second-order valence-electron chi connectivity index (χ2n) is 4.68. The van der Waals surface area contributed by atoms with Crippen LogP contribution in [0.2, 0.25) is 0 Å². The van der Waals surface area contributed by atoms with Crippen molar-refractivity contribution < 1.29 is 14.6 Å². The maximum Gasteiger partial charge on any atom is 0.309 e. The molecule has 0 aromatic carbocycles. The summed E-state index contributed by atoms with van der Waals surface area (Å²) >= 11 is 0. The molecule has 0 heterocycles. The third-order valence-electron chi connectivity index (χ3n) is 3.28. The van der Waals surface area contributed by atoms with Crippen LogP contribution in [0.1, 0.15) is 32.1 Å². The van der Waals surface area contributed by atoms with Gasteiger partial charge >= 0.3 is 5.97 Å². The summed E-state index contributed by atoms with van der Waals surface area (Å²) in [6.07, 6.45) is 11.9. The highest BCUT2D eigenvalue weighted by Gasteiger charge is 2.29. The topological polar surface area (TPSA) is 46.5 Å². The minimum Gasteiger partial charge on any atom is -0.462 e. The molecule has 1 N–H and O–H groups in total. The lowest BCUT2D eigenvalue weighted by atomic mass is 9.96. The minimum atomic E-state index is -0.997. The first-order chi connectivity index (χ1) is 7.70. The van der Waals surface area contributed by atoms with Gasteiger partial charge in [0.1, 0.15) is 12.2 Å². The van der Waals surface area contributed by atoms with Crippen molar-refractivity contribution in [2.45, 2.75) is 37.7 Å². The molecule has 1 unspecified atom stereocenters. The first-order valence-electron chi connectivity index (χ1n) is 5.93. The van der Waals surface area contributed by atoms with E-state index in [-0.39, 0.29) is 18.5 Å². The summed E-state index contributed by atoms with van der Waals surface area (Å²) in [6.45, 7) is 0.0726. The highest BCUT2D eigenvalue weighted by Crippen LogP contribution is 2.26. The van der Waals surface area contributed by atoms with E-state index in [2.05, 4.69) is 0 Å². The molecule has 2 aliphatic carbocycles. The Morgan fingerprint density at radius 1 is 1.38 bits per heavy atom. The minimum absolute atomic E-state index is 0.0618. The molecule has 88 valence electrons. The van der Waals surface area contributed by atoms with Gasteiger partial charge in [0.05, 0.1) is 5.92 Å². The van der Waals surface area contributed by atoms with E-state index in [0.717, 1.165) is 25.7 Å². The summed E-state index contributed by atoms with van der Waals surface area (Å²) in [5.41, 5.74) is -0.997. The molecule has 0 saturated heterocycles. The number of ether oxygens (including phenoxy) is 1. The number of rotatable bonds is 3. The molecule has 0 amide bonds. The molecule has 2 aliphatic rings. The van der Waals surface area contributed by atoms with Crippen molar-refractivity contribution in [3.63, 3.8) is 0 Å². The Bertz CT molecular complexity index is 313. The monoisotopic (exact) mass is 222 g/mol. The normalized spacial score (nSPS) is 29.6. The predicted molar refractivity (Wildman–Crippen MR) is 60.8 cm³/mol. The maximum atomic E-state index is 11.7. The molecule has 1 fully saturated rings. The molecule has 1 saturated carbocycles. The molecule has 0 radical (unpaired) electrons. The van der Waals surface area contributed by atoms with Gasteiger partial charge in [0, 0.05) is 6.42 Å². The quantitative estimate of drug-likeness (QED) is 0.742. The van der Waals surface area contributed by atoms with E-state index in [1.807, 2.05) is 12.2 Å². The molecule has 3 heteroatoms. The zero-order valence-corrected chi connectivity index (χ0v) is 9.39. The lowest BCUT2D eigenvalue weighted by molar-refractivity contribution is -0.153. The molecule has 16 heavy (non-hydrogen) atoms. The fourth-order valence-corrected chi connectivity index (χ4v) is 2.24. The Balaban J connectivity index is 1.80. The van der Waals surface area contributed by atoms with E-state index in [1.54, 1.807) is 12.2 Å². The molecule has 3 nitrogen and oxygen atoms in total. The lowest BCUT2D eigenvalue weighted by Gasteiger charge is -2.25. The SMILES string of the molecule is O=C(OCC1(O)C=CC=CC1)C1CCCC1. The van der Waals surface area contributed by atoms with Crippen LogP contribution in [0.3, 0.4) is 0 Å². The van der Waals surface area contributed by atoms with Crippen LogP contribution in [0.25, 0.3) is 0 Å². The summed E-state index contributed by atoms with van der Waals surface area (Å²) in [4.78, 5) is 11.7. The van der Waals surface area contributed by atoms with Crippen LogP contribution >= 0.6 is 0 Å². The second kappa shape index (κ2) is 4.83. The number of carbonyl (C=O) groups excluding carboxylic acids is 1. The van der Waals surface area contributed by atoms with Crippen LogP contribution in [-0.2, 0) is 9.53 Å². The largest absolute Gasteiger partial charge is 0.462 e. The lowest BCUT2D eigenvalue weighted by Crippen LogP contribution is -2.34. The average molecular weight is 222 g/mol. The van der Waals surface area contributed by atoms with Gasteiger partial charge in [-0.2, -0.15) is 0 Å². The van der Waals surface area contributed by atoms with Crippen molar-refractivity contribution in [2.75, 3.05) is 6.61 Å². The van der Waals surface area contributed by atoms with E-state index in [1.165, 1.54) is 0 Å². The zero-order chi connectivity index (χ0) is 11.4. The van der Waals surface area contributed by atoms with Gasteiger partial charge in [-0.3, -0.25) is 4.79 Å². The smallest absolute Gasteiger partial charge is 0.309 e. The van der Waals surface area contributed by atoms with Crippen molar-refractivity contribution in [1.82, 2.24) is 0 Å². The maximum absolute atomic E-state index is 11.7. The van der Waals surface area contributed by atoms with Crippen molar-refractivity contribution in [3.05, 3.63) is 24.3 Å². The molecule has 2 rings (SSSR count). The summed E-state index contributed by atoms with van der Waals surface area (Å²) in [5, 5.41) is 10.0. The number of allylic oxidation sites excluding steroid dienone is 2. The number of hydrogen-bond donors (Lipinski definition) is 1. The third kappa shape index (κ3) is 2.73. The van der Waals surface area contributed by atoms with E-state index in [4.69, 9.17) is 4.74 Å². The highest BCUT2D eigenvalue weighted by molar-refractivity contribution is 5.72. The molecule has 0 spiro atoms. The van der Waals surface area contributed by atoms with Gasteiger partial charge in [-0.1, -0.05) is 31.1 Å². The van der Waals surface area contributed by atoms with Gasteiger partial charge in [0.25, 0.3) is 0 Å². The highest BCUT2D eigenvalue weighted by atomic mass is 16.5. The molecule has 0 aliphatic heterocycles. The molecule has 0 aromatic heterocycles. The number of carbonyl (C=O) groups is 1. The van der Waals surface area contributed by atoms with Gasteiger partial charge in [-0.15, -0.1) is 0 Å². The molecular weight excluding hydrogens is 204 g/mol. The van der Waals surface area contributed by atoms with E-state index in [9.17, 15) is 9.90 Å². The van der Waals surface area contributed by atoms with Crippen molar-refractivity contribution in [1.29, 1.82) is 0 Å². The first-order valence-corrected chi connectivity index (χ1v) is 5.93. The van der Waals surface area contributed by atoms with Crippen LogP contribution in [0.5, 0.6) is 0 Å². The molecule has 0 aromatic rings. The standard InChI is InChI=1S/C13H18O3/c14-12(11-6-2-3-7-11)16-10-13(15)8-4-1-5-9-13/h1,4-5,8,11,15H,2-3,6-7,9-10H2. The number of hydrogen-bond acceptors (Lipinski definition) is 3. The Hall–Kier alpha value is -1.09. The van der Waals surface area contributed by atoms with Gasteiger partial charge in [0.15, 0.2) is 0 Å². The summed E-state index contributed by atoms with van der Waals surface area (Å²) in [5.74, 6) is -0.0828. The van der Waals surface area contributed by atoms with Crippen molar-refractivity contribution in [2.24, 2.45) is 5.92 Å². The summed E-state index contributed by atoms with van der Waals surface area (Å²) in [6, 6.07) is 0. The van der Waals surface area contributed by atoms with E-state index < -0.39 is 5.60 Å². The third-order valence-corrected chi connectivity index (χ3v) is 3.28. The van der Waals surface area contributed by atoms with Gasteiger partial charge < -0.3 is 9.84 Å². The molecular formula is C13H18O3. The zero-order valence-electron chi connectivity index (χ0n) is 9.39. The Morgan fingerprint density at radius 2 is 2.12 bits per heavy atom. The average Bonchev–Trinajstić information content (AvgIpc) is 2.80. The van der Waals surface area contributed by atoms with Crippen LogP contribution in [-0.4, -0.2) is 23.3 Å². The van der Waals surface area contributed by atoms with Crippen molar-refractivity contribution >= 4 is 5.97 Å². The summed E-state index contributed by atoms with van der Waals surface area (Å²) in [7, 11) is 0. The van der Waals surface area contributed by atoms with Gasteiger partial charge in [0.2, 0.25) is 0 Å². The molecule has 1 atom stereocenters. The van der Waals surface area contributed by atoms with Gasteiger partial charge in [-0.25, -0.2) is 0 Å². The van der Waals surface area contributed by atoms with Crippen LogP contribution < -0.4 is 0 Å². The van der Waals surface area contributed by atoms with Crippen LogP contribution in [0.15, 0.2) is 24.3 Å². The second-order valence-corrected chi connectivity index (χ2v) is 4.68. The van der Waals surface area contributed by atoms with Crippen LogP contribution in [0.4, 0.5) is 0 Å². The summed E-state index contributed by atoms with van der Waals surface area (Å²) < 4.78 is 5.19. The van der Waals surface area contributed by atoms with Crippen LogP contribution in [0, 0.1) is 5.92 Å². The molecule has 0 bridgehead atoms. The Labute approximate surface area is 95.8 Å². The fourth-order valence-electron chi connectivity index (χ4n) is 2.24. The van der Waals surface area contributed by atoms with E-state index in [0.29, 0.717) is 6.42 Å². The number of esters is 1. The fraction of sp³-hybridized carbons (Fsp3) is 0.615. The van der Waals surface area contributed by atoms with Gasteiger partial charge in [-0.05, 0) is 18.9 Å². The number of aliphatic hydroxyl groups is 1. The van der Waals surface area contributed by atoms with Crippen molar-refractivity contribution in [3.8, 4) is 0 Å².